The molecule has 0 spiro atoms. The van der Waals surface area contributed by atoms with Crippen LogP contribution in [0.3, 0.4) is 0 Å². The van der Waals surface area contributed by atoms with Gasteiger partial charge in [0.1, 0.15) is 0 Å². The largest absolute Gasteiger partial charge is 0.493 e. The molecule has 0 radical (unpaired) electrons. The minimum absolute atomic E-state index is 0.140. The van der Waals surface area contributed by atoms with E-state index >= 15 is 0 Å². The van der Waals surface area contributed by atoms with Gasteiger partial charge in [-0.05, 0) is 31.0 Å². The highest BCUT2D eigenvalue weighted by Gasteiger charge is 2.31. The highest BCUT2D eigenvalue weighted by molar-refractivity contribution is 6.01. The number of methoxy groups -OCH3 is 2. The zero-order chi connectivity index (χ0) is 19.2. The number of amides is 1. The Hall–Kier alpha value is -2.50. The van der Waals surface area contributed by atoms with Crippen molar-refractivity contribution in [2.75, 3.05) is 27.3 Å². The Labute approximate surface area is 160 Å². The Morgan fingerprint density at radius 3 is 2.70 bits per heavy atom. The second-order valence-electron chi connectivity index (χ2n) is 7.05. The van der Waals surface area contributed by atoms with Crippen molar-refractivity contribution in [3.63, 3.8) is 0 Å². The Kier molecular flexibility index (Phi) is 6.37. The maximum atomic E-state index is 12.8. The lowest BCUT2D eigenvalue weighted by molar-refractivity contribution is -0.136. The van der Waals surface area contributed by atoms with Crippen molar-refractivity contribution >= 4 is 11.6 Å². The number of rotatable bonds is 8. The Morgan fingerprint density at radius 2 is 2.04 bits per heavy atom. The predicted octanol–water partition coefficient (Wildman–Crippen LogP) is 3.40. The normalized spacial score (nSPS) is 19.3. The van der Waals surface area contributed by atoms with Gasteiger partial charge in [-0.25, -0.2) is 0 Å². The molecule has 1 atom stereocenters. The minimum Gasteiger partial charge on any atom is -0.493 e. The van der Waals surface area contributed by atoms with Crippen LogP contribution in [0.5, 0.6) is 11.5 Å². The van der Waals surface area contributed by atoms with Gasteiger partial charge >= 0.3 is 0 Å². The van der Waals surface area contributed by atoms with Crippen LogP contribution in [0.2, 0.25) is 0 Å². The van der Waals surface area contributed by atoms with Gasteiger partial charge in [-0.2, -0.15) is 0 Å². The molecular formula is C21H28N2O4. The topological polar surface area (TPSA) is 60.4 Å². The van der Waals surface area contributed by atoms with E-state index in [1.165, 1.54) is 0 Å². The van der Waals surface area contributed by atoms with Gasteiger partial charge in [0, 0.05) is 24.4 Å². The molecule has 27 heavy (non-hydrogen) atoms. The summed E-state index contributed by atoms with van der Waals surface area (Å²) >= 11 is 0. The van der Waals surface area contributed by atoms with Crippen LogP contribution >= 0.6 is 0 Å². The maximum absolute atomic E-state index is 12.8. The molecule has 0 N–H and O–H groups in total. The first-order valence-electron chi connectivity index (χ1n) is 9.51. The summed E-state index contributed by atoms with van der Waals surface area (Å²) in [6, 6.07) is 5.70. The lowest BCUT2D eigenvalue weighted by Gasteiger charge is -2.26. The van der Waals surface area contributed by atoms with Gasteiger partial charge in [0.05, 0.1) is 26.5 Å². The van der Waals surface area contributed by atoms with E-state index in [4.69, 9.17) is 14.3 Å². The van der Waals surface area contributed by atoms with E-state index < -0.39 is 0 Å². The van der Waals surface area contributed by atoms with E-state index in [9.17, 15) is 4.79 Å². The van der Waals surface area contributed by atoms with E-state index in [0.29, 0.717) is 31.0 Å². The van der Waals surface area contributed by atoms with E-state index in [1.54, 1.807) is 20.3 Å². The Balaban J connectivity index is 1.63. The number of oxime groups is 1. The average molecular weight is 372 g/mol. The van der Waals surface area contributed by atoms with Crippen LogP contribution < -0.4 is 9.47 Å². The summed E-state index contributed by atoms with van der Waals surface area (Å²) in [5.41, 5.74) is 1.79. The zero-order valence-corrected chi connectivity index (χ0v) is 16.1. The van der Waals surface area contributed by atoms with Gasteiger partial charge in [0.2, 0.25) is 5.91 Å². The molecule has 0 unspecified atom stereocenters. The van der Waals surface area contributed by atoms with Crippen LogP contribution in [0.15, 0.2) is 36.0 Å². The van der Waals surface area contributed by atoms with Crippen molar-refractivity contribution in [1.82, 2.24) is 4.90 Å². The molecule has 1 aromatic rings. The quantitative estimate of drug-likeness (QED) is 0.656. The van der Waals surface area contributed by atoms with E-state index in [1.807, 2.05) is 23.1 Å². The highest BCUT2D eigenvalue weighted by atomic mass is 16.6. The number of carbonyl (C=O) groups excluding carboxylic acids is 1. The SMILES string of the molecule is C=CCN(C[C@H]1CC(c2ccc(OC)c(OC)c2)=NO1)C(=O)C1CCCC1. The van der Waals surface area contributed by atoms with Gasteiger partial charge in [-0.1, -0.05) is 24.1 Å². The van der Waals surface area contributed by atoms with Gasteiger partial charge in [0.25, 0.3) is 0 Å². The van der Waals surface area contributed by atoms with Crippen LogP contribution in [0.4, 0.5) is 0 Å². The van der Waals surface area contributed by atoms with Crippen LogP contribution in [-0.2, 0) is 9.63 Å². The molecular weight excluding hydrogens is 344 g/mol. The van der Waals surface area contributed by atoms with Gasteiger partial charge in [0.15, 0.2) is 17.6 Å². The number of hydrogen-bond donors (Lipinski definition) is 0. The van der Waals surface area contributed by atoms with E-state index in [-0.39, 0.29) is 17.9 Å². The summed E-state index contributed by atoms with van der Waals surface area (Å²) in [5.74, 6) is 1.70. The lowest BCUT2D eigenvalue weighted by Crippen LogP contribution is -2.40. The first kappa shape index (κ1) is 19.3. The average Bonchev–Trinajstić information content (AvgIpc) is 3.38. The standard InChI is InChI=1S/C21H28N2O4/c1-4-11-23(21(24)15-7-5-6-8-15)14-17-13-18(22-27-17)16-9-10-19(25-2)20(12-16)26-3/h4,9-10,12,15,17H,1,5-8,11,13-14H2,2-3H3/t17-/m1/s1. The molecule has 1 amide bonds. The Bertz CT molecular complexity index is 710. The second kappa shape index (κ2) is 8.93. The van der Waals surface area contributed by atoms with Gasteiger partial charge in [-0.15, -0.1) is 6.58 Å². The molecule has 3 rings (SSSR count). The third-order valence-electron chi connectivity index (χ3n) is 5.24. The molecule has 0 aromatic heterocycles. The molecule has 1 aliphatic heterocycles. The van der Waals surface area contributed by atoms with Crippen LogP contribution in [0.25, 0.3) is 0 Å². The first-order chi connectivity index (χ1) is 13.2. The fraction of sp³-hybridized carbons (Fsp3) is 0.524. The van der Waals surface area contributed by atoms with Crippen molar-refractivity contribution < 1.29 is 19.1 Å². The van der Waals surface area contributed by atoms with Crippen LogP contribution in [0, 0.1) is 5.92 Å². The molecule has 0 bridgehead atoms. The number of ether oxygens (including phenoxy) is 2. The summed E-state index contributed by atoms with van der Waals surface area (Å²) in [6.07, 6.45) is 6.56. The van der Waals surface area contributed by atoms with Crippen LogP contribution in [0.1, 0.15) is 37.7 Å². The third kappa shape index (κ3) is 4.43. The monoisotopic (exact) mass is 372 g/mol. The molecule has 6 nitrogen and oxygen atoms in total. The van der Waals surface area contributed by atoms with Gasteiger partial charge < -0.3 is 19.2 Å². The molecule has 1 aromatic carbocycles. The maximum Gasteiger partial charge on any atom is 0.226 e. The first-order valence-corrected chi connectivity index (χ1v) is 9.51. The summed E-state index contributed by atoms with van der Waals surface area (Å²) in [7, 11) is 3.22. The number of nitrogens with zero attached hydrogens (tertiary/aromatic N) is 2. The molecule has 1 heterocycles. The summed E-state index contributed by atoms with van der Waals surface area (Å²) in [6.45, 7) is 4.86. The molecule has 2 aliphatic rings. The summed E-state index contributed by atoms with van der Waals surface area (Å²) < 4.78 is 10.6. The fourth-order valence-corrected chi connectivity index (χ4v) is 3.80. The lowest BCUT2D eigenvalue weighted by atomic mass is 10.0. The molecule has 146 valence electrons. The zero-order valence-electron chi connectivity index (χ0n) is 16.1. The molecule has 1 aliphatic carbocycles. The number of hydrogen-bond acceptors (Lipinski definition) is 5. The third-order valence-corrected chi connectivity index (χ3v) is 5.24. The van der Waals surface area contributed by atoms with E-state index in [0.717, 1.165) is 37.0 Å². The molecule has 1 fully saturated rings. The summed E-state index contributed by atoms with van der Waals surface area (Å²) in [4.78, 5) is 20.3. The Morgan fingerprint density at radius 1 is 1.30 bits per heavy atom. The van der Waals surface area contributed by atoms with Gasteiger partial charge in [-0.3, -0.25) is 4.79 Å². The molecule has 6 heteroatoms. The smallest absolute Gasteiger partial charge is 0.226 e. The van der Waals surface area contributed by atoms with Crippen molar-refractivity contribution in [2.45, 2.75) is 38.2 Å². The minimum atomic E-state index is -0.140. The second-order valence-corrected chi connectivity index (χ2v) is 7.05. The van der Waals surface area contributed by atoms with Crippen molar-refractivity contribution in [3.8, 4) is 11.5 Å². The number of carbonyl (C=O) groups is 1. The van der Waals surface area contributed by atoms with Crippen molar-refractivity contribution in [2.24, 2.45) is 11.1 Å². The molecule has 1 saturated carbocycles. The van der Waals surface area contributed by atoms with Crippen LogP contribution in [-0.4, -0.2) is 49.9 Å². The molecule has 0 saturated heterocycles. The fourth-order valence-electron chi connectivity index (χ4n) is 3.80. The predicted molar refractivity (Wildman–Crippen MR) is 104 cm³/mol. The van der Waals surface area contributed by atoms with E-state index in [2.05, 4.69) is 11.7 Å². The van der Waals surface area contributed by atoms with Crippen molar-refractivity contribution in [1.29, 1.82) is 0 Å². The highest BCUT2D eigenvalue weighted by Crippen LogP contribution is 2.30. The van der Waals surface area contributed by atoms with Crippen molar-refractivity contribution in [3.05, 3.63) is 36.4 Å². The summed E-state index contributed by atoms with van der Waals surface area (Å²) in [5, 5.41) is 4.24. The number of benzene rings is 1.